The predicted molar refractivity (Wildman–Crippen MR) is 80.7 cm³/mol. The molecule has 0 radical (unpaired) electrons. The van der Waals surface area contributed by atoms with Crippen LogP contribution in [0.2, 0.25) is 0 Å². The molecule has 2 rings (SSSR count). The molecule has 0 aliphatic carbocycles. The Morgan fingerprint density at radius 3 is 2.63 bits per heavy atom. The maximum atomic E-state index is 5.92. The van der Waals surface area contributed by atoms with Gasteiger partial charge in [0.25, 0.3) is 0 Å². The molecule has 1 saturated heterocycles. The zero-order valence-electron chi connectivity index (χ0n) is 12.6. The average Bonchev–Trinajstić information content (AvgIpc) is 2.29. The Hall–Kier alpha value is -1.06. The highest BCUT2D eigenvalue weighted by atomic mass is 16.5. The van der Waals surface area contributed by atoms with Crippen molar-refractivity contribution in [2.45, 2.75) is 39.4 Å². The van der Waals surface area contributed by atoms with Crippen LogP contribution in [0.15, 0.2) is 24.3 Å². The Morgan fingerprint density at radius 2 is 2.00 bits per heavy atom. The smallest absolute Gasteiger partial charge is 0.0757 e. The molecule has 1 N–H and O–H groups in total. The van der Waals surface area contributed by atoms with E-state index < -0.39 is 0 Å². The first-order valence-corrected chi connectivity index (χ1v) is 7.15. The first-order valence-electron chi connectivity index (χ1n) is 7.15. The molecule has 3 heteroatoms. The summed E-state index contributed by atoms with van der Waals surface area (Å²) in [7, 11) is 0. The van der Waals surface area contributed by atoms with Crippen LogP contribution in [0, 0.1) is 6.92 Å². The molecule has 0 bridgehead atoms. The van der Waals surface area contributed by atoms with Gasteiger partial charge >= 0.3 is 0 Å². The third-order valence-corrected chi connectivity index (χ3v) is 3.45. The molecule has 1 aromatic rings. The third kappa shape index (κ3) is 4.51. The van der Waals surface area contributed by atoms with Crippen molar-refractivity contribution in [2.24, 2.45) is 0 Å². The number of anilines is 1. The van der Waals surface area contributed by atoms with E-state index in [1.54, 1.807) is 0 Å². The quantitative estimate of drug-likeness (QED) is 0.903. The highest BCUT2D eigenvalue weighted by molar-refractivity contribution is 5.44. The second-order valence-electron chi connectivity index (χ2n) is 6.22. The molecule has 1 aliphatic heterocycles. The van der Waals surface area contributed by atoms with Crippen molar-refractivity contribution in [1.82, 2.24) is 4.90 Å². The minimum atomic E-state index is -0.0263. The van der Waals surface area contributed by atoms with Gasteiger partial charge in [-0.25, -0.2) is 0 Å². The van der Waals surface area contributed by atoms with Crippen LogP contribution in [0.1, 0.15) is 26.3 Å². The molecule has 1 heterocycles. The van der Waals surface area contributed by atoms with Crippen molar-refractivity contribution >= 4 is 5.69 Å². The lowest BCUT2D eigenvalue weighted by Gasteiger charge is -2.41. The molecule has 0 amide bonds. The summed E-state index contributed by atoms with van der Waals surface area (Å²) in [6, 6.07) is 8.56. The van der Waals surface area contributed by atoms with Crippen molar-refractivity contribution in [2.75, 3.05) is 31.5 Å². The largest absolute Gasteiger partial charge is 0.384 e. The fraction of sp³-hybridized carbons (Fsp3) is 0.625. The second-order valence-corrected chi connectivity index (χ2v) is 6.22. The number of hydrogen-bond acceptors (Lipinski definition) is 3. The van der Waals surface area contributed by atoms with Gasteiger partial charge in [0.1, 0.15) is 0 Å². The Balaban J connectivity index is 1.77. The molecular formula is C16H26N2O. The van der Waals surface area contributed by atoms with E-state index in [1.165, 1.54) is 11.3 Å². The molecule has 1 atom stereocenters. The molecular weight excluding hydrogens is 236 g/mol. The molecule has 106 valence electrons. The predicted octanol–water partition coefficient (Wildman–Crippen LogP) is 2.91. The van der Waals surface area contributed by atoms with Crippen LogP contribution in [0.4, 0.5) is 5.69 Å². The number of rotatable bonds is 4. The first-order chi connectivity index (χ1) is 8.94. The number of benzene rings is 1. The summed E-state index contributed by atoms with van der Waals surface area (Å²) in [5.41, 5.74) is 2.47. The number of nitrogens with zero attached hydrogens (tertiary/aromatic N) is 1. The number of nitrogens with one attached hydrogen (secondary N) is 1. The van der Waals surface area contributed by atoms with Gasteiger partial charge in [-0.1, -0.05) is 17.7 Å². The Morgan fingerprint density at radius 1 is 1.32 bits per heavy atom. The Bertz CT molecular complexity index is 400. The van der Waals surface area contributed by atoms with Gasteiger partial charge in [0.15, 0.2) is 0 Å². The maximum Gasteiger partial charge on any atom is 0.0757 e. The van der Waals surface area contributed by atoms with E-state index in [1.807, 2.05) is 0 Å². The van der Waals surface area contributed by atoms with Gasteiger partial charge < -0.3 is 10.1 Å². The lowest BCUT2D eigenvalue weighted by atomic mass is 10.1. The van der Waals surface area contributed by atoms with E-state index in [-0.39, 0.29) is 5.60 Å². The summed E-state index contributed by atoms with van der Waals surface area (Å²) in [6.07, 6.45) is 0.322. The molecule has 3 nitrogen and oxygen atoms in total. The summed E-state index contributed by atoms with van der Waals surface area (Å²) in [5, 5.41) is 3.48. The average molecular weight is 262 g/mol. The minimum absolute atomic E-state index is 0.0263. The number of aryl methyl sites for hydroxylation is 1. The topological polar surface area (TPSA) is 24.5 Å². The summed E-state index contributed by atoms with van der Waals surface area (Å²) in [6.45, 7) is 12.7. The van der Waals surface area contributed by atoms with Crippen LogP contribution in [-0.4, -0.2) is 42.8 Å². The van der Waals surface area contributed by atoms with Crippen molar-refractivity contribution in [3.63, 3.8) is 0 Å². The van der Waals surface area contributed by atoms with E-state index >= 15 is 0 Å². The third-order valence-electron chi connectivity index (χ3n) is 3.45. The van der Waals surface area contributed by atoms with Gasteiger partial charge in [-0.05, 0) is 39.8 Å². The van der Waals surface area contributed by atoms with Crippen LogP contribution in [0.25, 0.3) is 0 Å². The number of ether oxygens (including phenoxy) is 1. The van der Waals surface area contributed by atoms with Crippen LogP contribution < -0.4 is 5.32 Å². The van der Waals surface area contributed by atoms with E-state index in [0.29, 0.717) is 6.10 Å². The Labute approximate surface area is 116 Å². The normalized spacial score (nSPS) is 23.3. The molecule has 1 fully saturated rings. The summed E-state index contributed by atoms with van der Waals surface area (Å²) < 4.78 is 5.92. The summed E-state index contributed by atoms with van der Waals surface area (Å²) in [4.78, 5) is 2.48. The Kier molecular flexibility index (Phi) is 4.48. The molecule has 0 aromatic heterocycles. The van der Waals surface area contributed by atoms with E-state index in [4.69, 9.17) is 4.74 Å². The van der Waals surface area contributed by atoms with Crippen LogP contribution >= 0.6 is 0 Å². The van der Waals surface area contributed by atoms with Crippen LogP contribution in [-0.2, 0) is 4.74 Å². The van der Waals surface area contributed by atoms with Gasteiger partial charge in [-0.3, -0.25) is 4.90 Å². The molecule has 1 aromatic carbocycles. The second kappa shape index (κ2) is 5.93. The zero-order chi connectivity index (χ0) is 13.9. The van der Waals surface area contributed by atoms with Gasteiger partial charge in [0, 0.05) is 31.9 Å². The van der Waals surface area contributed by atoms with E-state index in [0.717, 1.165) is 26.2 Å². The van der Waals surface area contributed by atoms with Crippen molar-refractivity contribution in [3.05, 3.63) is 29.8 Å². The SMILES string of the molecule is Cc1ccc(NCCN2CC(C)OC(C)(C)C2)cc1. The van der Waals surface area contributed by atoms with Gasteiger partial charge in [-0.15, -0.1) is 0 Å². The van der Waals surface area contributed by atoms with E-state index in [2.05, 4.69) is 62.2 Å². The number of morpholine rings is 1. The highest BCUT2D eigenvalue weighted by Crippen LogP contribution is 2.20. The molecule has 0 saturated carbocycles. The number of hydrogen-bond donors (Lipinski definition) is 1. The highest BCUT2D eigenvalue weighted by Gasteiger charge is 2.30. The molecule has 19 heavy (non-hydrogen) atoms. The maximum absolute atomic E-state index is 5.92. The van der Waals surface area contributed by atoms with Gasteiger partial charge in [0.2, 0.25) is 0 Å². The summed E-state index contributed by atoms with van der Waals surface area (Å²) >= 11 is 0. The fourth-order valence-electron chi connectivity index (χ4n) is 2.79. The first kappa shape index (κ1) is 14.4. The van der Waals surface area contributed by atoms with Crippen molar-refractivity contribution in [3.8, 4) is 0 Å². The van der Waals surface area contributed by atoms with E-state index in [9.17, 15) is 0 Å². The lowest BCUT2D eigenvalue weighted by molar-refractivity contribution is -0.127. The van der Waals surface area contributed by atoms with Gasteiger partial charge in [0.05, 0.1) is 11.7 Å². The minimum Gasteiger partial charge on any atom is -0.384 e. The van der Waals surface area contributed by atoms with Crippen LogP contribution in [0.5, 0.6) is 0 Å². The zero-order valence-corrected chi connectivity index (χ0v) is 12.6. The standard InChI is InChI=1S/C16H26N2O/c1-13-5-7-15(8-6-13)17-9-10-18-11-14(2)19-16(3,4)12-18/h5-8,14,17H,9-12H2,1-4H3. The monoisotopic (exact) mass is 262 g/mol. The lowest BCUT2D eigenvalue weighted by Crippen LogP contribution is -2.52. The molecule has 1 aliphatic rings. The molecule has 1 unspecified atom stereocenters. The van der Waals surface area contributed by atoms with Crippen molar-refractivity contribution in [1.29, 1.82) is 0 Å². The van der Waals surface area contributed by atoms with Crippen molar-refractivity contribution < 1.29 is 4.74 Å². The van der Waals surface area contributed by atoms with Gasteiger partial charge in [-0.2, -0.15) is 0 Å². The fourth-order valence-corrected chi connectivity index (χ4v) is 2.79. The van der Waals surface area contributed by atoms with Crippen LogP contribution in [0.3, 0.4) is 0 Å². The summed E-state index contributed by atoms with van der Waals surface area (Å²) in [5.74, 6) is 0. The molecule has 0 spiro atoms.